The molecule has 1 aromatic rings. The summed E-state index contributed by atoms with van der Waals surface area (Å²) in [5.41, 5.74) is -0.0411. The van der Waals surface area contributed by atoms with Gasteiger partial charge in [-0.05, 0) is 18.8 Å². The second-order valence-electron chi connectivity index (χ2n) is 4.21. The Morgan fingerprint density at radius 2 is 2.13 bits per heavy atom. The number of hydrogen-bond acceptors (Lipinski definition) is 2. The second kappa shape index (κ2) is 4.79. The van der Waals surface area contributed by atoms with Gasteiger partial charge in [0.2, 0.25) is 0 Å². The van der Waals surface area contributed by atoms with E-state index in [4.69, 9.17) is 11.6 Å². The molecule has 1 heterocycles. The van der Waals surface area contributed by atoms with Crippen molar-refractivity contribution in [1.82, 2.24) is 9.55 Å². The Morgan fingerprint density at radius 3 is 2.80 bits per heavy atom. The summed E-state index contributed by atoms with van der Waals surface area (Å²) in [5, 5.41) is 0.278. The van der Waals surface area contributed by atoms with Crippen molar-refractivity contribution in [3.8, 4) is 0 Å². The Balaban J connectivity index is 2.06. The number of hydrogen-bond donors (Lipinski definition) is 0. The zero-order chi connectivity index (χ0) is 10.7. The van der Waals surface area contributed by atoms with Crippen LogP contribution in [-0.2, 0) is 6.54 Å². The van der Waals surface area contributed by atoms with Crippen molar-refractivity contribution in [2.24, 2.45) is 5.92 Å². The molecular formula is C11H15ClN2O. The number of rotatable bonds is 2. The van der Waals surface area contributed by atoms with E-state index in [1.807, 2.05) is 0 Å². The zero-order valence-corrected chi connectivity index (χ0v) is 9.41. The normalized spacial score (nSPS) is 17.9. The van der Waals surface area contributed by atoms with Crippen molar-refractivity contribution >= 4 is 11.6 Å². The summed E-state index contributed by atoms with van der Waals surface area (Å²) >= 11 is 5.64. The molecule has 0 aliphatic heterocycles. The van der Waals surface area contributed by atoms with Crippen LogP contribution in [0.5, 0.6) is 0 Å². The van der Waals surface area contributed by atoms with Gasteiger partial charge >= 0.3 is 0 Å². The third-order valence-electron chi connectivity index (χ3n) is 3.03. The van der Waals surface area contributed by atoms with Gasteiger partial charge < -0.3 is 0 Å². The summed E-state index contributed by atoms with van der Waals surface area (Å²) in [4.78, 5) is 15.5. The van der Waals surface area contributed by atoms with Crippen LogP contribution in [0.4, 0.5) is 0 Å². The first-order valence-electron chi connectivity index (χ1n) is 5.48. The lowest BCUT2D eigenvalue weighted by atomic mass is 9.89. The highest BCUT2D eigenvalue weighted by Crippen LogP contribution is 2.24. The average molecular weight is 227 g/mol. The van der Waals surface area contributed by atoms with Gasteiger partial charge in [-0.2, -0.15) is 0 Å². The summed E-state index contributed by atoms with van der Waals surface area (Å²) in [7, 11) is 0. The molecule has 0 N–H and O–H groups in total. The highest BCUT2D eigenvalue weighted by molar-refractivity contribution is 6.29. The number of nitrogens with zero attached hydrogens (tertiary/aromatic N) is 2. The van der Waals surface area contributed by atoms with E-state index in [1.165, 1.54) is 38.2 Å². The quantitative estimate of drug-likeness (QED) is 0.727. The molecule has 1 aliphatic carbocycles. The Morgan fingerprint density at radius 1 is 1.40 bits per heavy atom. The van der Waals surface area contributed by atoms with Gasteiger partial charge in [0.05, 0.1) is 6.33 Å². The Bertz CT molecular complexity index is 382. The lowest BCUT2D eigenvalue weighted by Gasteiger charge is -2.21. The van der Waals surface area contributed by atoms with Crippen LogP contribution in [-0.4, -0.2) is 9.55 Å². The minimum Gasteiger partial charge on any atom is -0.299 e. The van der Waals surface area contributed by atoms with Gasteiger partial charge in [0.25, 0.3) is 5.56 Å². The van der Waals surface area contributed by atoms with E-state index in [2.05, 4.69) is 4.98 Å². The SMILES string of the molecule is O=c1cc(Cl)ncn1CC1CCCCC1. The molecule has 4 heteroatoms. The zero-order valence-electron chi connectivity index (χ0n) is 8.66. The van der Waals surface area contributed by atoms with Crippen LogP contribution in [0.1, 0.15) is 32.1 Å². The lowest BCUT2D eigenvalue weighted by molar-refractivity contribution is 0.315. The molecule has 0 radical (unpaired) electrons. The van der Waals surface area contributed by atoms with Crippen molar-refractivity contribution in [2.45, 2.75) is 38.6 Å². The van der Waals surface area contributed by atoms with E-state index in [0.29, 0.717) is 5.92 Å². The third-order valence-corrected chi connectivity index (χ3v) is 3.23. The highest BCUT2D eigenvalue weighted by atomic mass is 35.5. The van der Waals surface area contributed by atoms with E-state index in [9.17, 15) is 4.79 Å². The molecule has 2 rings (SSSR count). The third kappa shape index (κ3) is 2.81. The van der Waals surface area contributed by atoms with Crippen molar-refractivity contribution in [3.05, 3.63) is 27.9 Å². The van der Waals surface area contributed by atoms with Crippen molar-refractivity contribution in [3.63, 3.8) is 0 Å². The van der Waals surface area contributed by atoms with Crippen LogP contribution >= 0.6 is 11.6 Å². The van der Waals surface area contributed by atoms with Crippen molar-refractivity contribution in [1.29, 1.82) is 0 Å². The molecule has 0 amide bonds. The monoisotopic (exact) mass is 226 g/mol. The highest BCUT2D eigenvalue weighted by Gasteiger charge is 2.14. The van der Waals surface area contributed by atoms with Crippen molar-refractivity contribution in [2.75, 3.05) is 0 Å². The summed E-state index contributed by atoms with van der Waals surface area (Å²) in [6.07, 6.45) is 7.94. The smallest absolute Gasteiger partial charge is 0.254 e. The molecule has 0 spiro atoms. The van der Waals surface area contributed by atoms with Crippen LogP contribution in [0.2, 0.25) is 5.15 Å². The molecule has 82 valence electrons. The minimum atomic E-state index is -0.0411. The van der Waals surface area contributed by atoms with E-state index in [1.54, 1.807) is 10.9 Å². The first-order chi connectivity index (χ1) is 7.25. The Kier molecular flexibility index (Phi) is 3.41. The van der Waals surface area contributed by atoms with E-state index in [0.717, 1.165) is 6.54 Å². The lowest BCUT2D eigenvalue weighted by Crippen LogP contribution is -2.24. The Labute approximate surface area is 94.1 Å². The topological polar surface area (TPSA) is 34.9 Å². The fraction of sp³-hybridized carbons (Fsp3) is 0.636. The second-order valence-corrected chi connectivity index (χ2v) is 4.59. The van der Waals surface area contributed by atoms with Gasteiger partial charge in [0, 0.05) is 12.6 Å². The van der Waals surface area contributed by atoms with Gasteiger partial charge in [0.1, 0.15) is 5.15 Å². The molecule has 0 unspecified atom stereocenters. The van der Waals surface area contributed by atoms with Crippen LogP contribution in [0, 0.1) is 5.92 Å². The predicted molar refractivity (Wildman–Crippen MR) is 60.1 cm³/mol. The van der Waals surface area contributed by atoms with Crippen LogP contribution in [0.3, 0.4) is 0 Å². The maximum Gasteiger partial charge on any atom is 0.254 e. The van der Waals surface area contributed by atoms with Crippen molar-refractivity contribution < 1.29 is 0 Å². The standard InChI is InChI=1S/C11H15ClN2O/c12-10-6-11(15)14(8-13-10)7-9-4-2-1-3-5-9/h6,8-9H,1-5,7H2. The summed E-state index contributed by atoms with van der Waals surface area (Å²) in [5.74, 6) is 0.638. The molecular weight excluding hydrogens is 212 g/mol. The predicted octanol–water partition coefficient (Wildman–Crippen LogP) is 2.48. The molecule has 15 heavy (non-hydrogen) atoms. The van der Waals surface area contributed by atoms with Gasteiger partial charge in [0.15, 0.2) is 0 Å². The van der Waals surface area contributed by atoms with Crippen LogP contribution in [0.15, 0.2) is 17.2 Å². The van der Waals surface area contributed by atoms with Gasteiger partial charge in [-0.25, -0.2) is 4.98 Å². The molecule has 1 aromatic heterocycles. The van der Waals surface area contributed by atoms with E-state index in [-0.39, 0.29) is 10.7 Å². The molecule has 3 nitrogen and oxygen atoms in total. The van der Waals surface area contributed by atoms with Crippen LogP contribution < -0.4 is 5.56 Å². The van der Waals surface area contributed by atoms with Crippen LogP contribution in [0.25, 0.3) is 0 Å². The number of aromatic nitrogens is 2. The molecule has 0 aromatic carbocycles. The summed E-state index contributed by atoms with van der Waals surface area (Å²) in [6, 6.07) is 1.38. The maximum absolute atomic E-state index is 11.6. The van der Waals surface area contributed by atoms with Gasteiger partial charge in [-0.3, -0.25) is 9.36 Å². The fourth-order valence-corrected chi connectivity index (χ4v) is 2.33. The molecule has 1 saturated carbocycles. The minimum absolute atomic E-state index is 0.0411. The molecule has 0 atom stereocenters. The van der Waals surface area contributed by atoms with Gasteiger partial charge in [-0.1, -0.05) is 30.9 Å². The maximum atomic E-state index is 11.6. The molecule has 1 aliphatic rings. The van der Waals surface area contributed by atoms with E-state index >= 15 is 0 Å². The summed E-state index contributed by atoms with van der Waals surface area (Å²) in [6.45, 7) is 0.795. The Hall–Kier alpha value is -0.830. The van der Waals surface area contributed by atoms with E-state index < -0.39 is 0 Å². The molecule has 0 saturated heterocycles. The summed E-state index contributed by atoms with van der Waals surface area (Å²) < 4.78 is 1.67. The number of halogens is 1. The first-order valence-corrected chi connectivity index (χ1v) is 5.85. The largest absolute Gasteiger partial charge is 0.299 e. The van der Waals surface area contributed by atoms with Gasteiger partial charge in [-0.15, -0.1) is 0 Å². The first kappa shape index (κ1) is 10.7. The molecule has 1 fully saturated rings. The average Bonchev–Trinajstić information content (AvgIpc) is 2.24. The molecule has 0 bridgehead atoms. The fourth-order valence-electron chi connectivity index (χ4n) is 2.19.